The number of carbonyl (C=O) groups excluding carboxylic acids is 1. The van der Waals surface area contributed by atoms with Crippen LogP contribution >= 0.6 is 36.2 Å². The van der Waals surface area contributed by atoms with Gasteiger partial charge in [-0.2, -0.15) is 0 Å². The maximum atomic E-state index is 12.2. The first kappa shape index (κ1) is 21.9. The number of hydrogen-bond acceptors (Lipinski definition) is 4. The Labute approximate surface area is 165 Å². The summed E-state index contributed by atoms with van der Waals surface area (Å²) in [4.78, 5) is 16.8. The fraction of sp³-hybridized carbons (Fsp3) is 0.444. The number of amides is 1. The molecule has 1 heterocycles. The van der Waals surface area contributed by atoms with Crippen molar-refractivity contribution in [3.8, 4) is 10.6 Å². The molecule has 0 spiro atoms. The maximum Gasteiger partial charge on any atom is 0.226 e. The lowest BCUT2D eigenvalue weighted by atomic mass is 10.0. The maximum absolute atomic E-state index is 12.2. The van der Waals surface area contributed by atoms with Crippen LogP contribution in [-0.2, 0) is 11.2 Å². The third-order valence-corrected chi connectivity index (χ3v) is 5.44. The summed E-state index contributed by atoms with van der Waals surface area (Å²) < 4.78 is 0. The molecular weight excluding hydrogens is 377 g/mol. The summed E-state index contributed by atoms with van der Waals surface area (Å²) in [5, 5.41) is 6.07. The summed E-state index contributed by atoms with van der Waals surface area (Å²) in [6, 6.07) is 8.54. The number of rotatable bonds is 5. The Morgan fingerprint density at radius 1 is 1.28 bits per heavy atom. The fourth-order valence-corrected chi connectivity index (χ4v) is 3.97. The van der Waals surface area contributed by atoms with Crippen LogP contribution in [0.4, 0.5) is 0 Å². The summed E-state index contributed by atoms with van der Waals surface area (Å²) in [5.74, 6) is 0.480. The Bertz CT molecular complexity index is 675. The Balaban J connectivity index is 0.00000156. The highest BCUT2D eigenvalue weighted by molar-refractivity contribution is 7.13. The van der Waals surface area contributed by atoms with Crippen molar-refractivity contribution in [3.63, 3.8) is 0 Å². The topological polar surface area (TPSA) is 68.0 Å². The lowest BCUT2D eigenvalue weighted by molar-refractivity contribution is -0.121. The van der Waals surface area contributed by atoms with E-state index >= 15 is 0 Å². The van der Waals surface area contributed by atoms with Gasteiger partial charge in [-0.05, 0) is 32.2 Å². The van der Waals surface area contributed by atoms with Gasteiger partial charge in [0.2, 0.25) is 5.91 Å². The molecule has 1 aliphatic carbocycles. The number of hydrogen-bond donors (Lipinski definition) is 2. The van der Waals surface area contributed by atoms with Crippen molar-refractivity contribution in [1.29, 1.82) is 0 Å². The first-order valence-electron chi connectivity index (χ1n) is 8.16. The molecule has 2 atom stereocenters. The molecule has 138 valence electrons. The van der Waals surface area contributed by atoms with Crippen LogP contribution in [-0.4, -0.2) is 23.5 Å². The van der Waals surface area contributed by atoms with E-state index in [1.807, 2.05) is 5.38 Å². The van der Waals surface area contributed by atoms with E-state index in [1.54, 1.807) is 11.3 Å². The summed E-state index contributed by atoms with van der Waals surface area (Å²) in [6.45, 7) is 2.72. The van der Waals surface area contributed by atoms with Crippen molar-refractivity contribution in [2.75, 3.05) is 6.54 Å². The van der Waals surface area contributed by atoms with E-state index < -0.39 is 0 Å². The van der Waals surface area contributed by atoms with Crippen molar-refractivity contribution in [2.24, 2.45) is 11.7 Å². The van der Waals surface area contributed by atoms with Crippen LogP contribution < -0.4 is 11.1 Å². The van der Waals surface area contributed by atoms with Crippen molar-refractivity contribution in [3.05, 3.63) is 40.9 Å². The molecule has 1 saturated carbocycles. The van der Waals surface area contributed by atoms with Gasteiger partial charge >= 0.3 is 0 Å². The van der Waals surface area contributed by atoms with Gasteiger partial charge < -0.3 is 11.1 Å². The highest BCUT2D eigenvalue weighted by Crippen LogP contribution is 2.26. The molecule has 0 aliphatic heterocycles. The summed E-state index contributed by atoms with van der Waals surface area (Å²) in [7, 11) is 0. The number of thiazole rings is 1. The standard InChI is InChI=1S/C18H23N3OS.2ClH/c1-12-5-7-13(8-6-12)18-20-15(11-23-18)9-17(22)21-16-4-2-3-14(16)10-19;;/h5-8,11,14,16H,2-4,9-10,19H2,1H3,(H,21,22);2*1H. The molecule has 1 aromatic heterocycles. The van der Waals surface area contributed by atoms with E-state index in [2.05, 4.69) is 41.5 Å². The molecule has 25 heavy (non-hydrogen) atoms. The normalized spacial score (nSPS) is 19.0. The number of halogens is 2. The molecule has 1 amide bonds. The molecule has 2 unspecified atom stereocenters. The number of nitrogens with zero attached hydrogens (tertiary/aromatic N) is 1. The Hall–Kier alpha value is -1.14. The second-order valence-corrected chi connectivity index (χ2v) is 7.15. The van der Waals surface area contributed by atoms with Gasteiger partial charge in [0.15, 0.2) is 0 Å². The largest absolute Gasteiger partial charge is 0.353 e. The number of nitrogens with two attached hydrogens (primary N) is 1. The van der Waals surface area contributed by atoms with Crippen LogP contribution in [0.3, 0.4) is 0 Å². The Morgan fingerprint density at radius 2 is 2.00 bits per heavy atom. The monoisotopic (exact) mass is 401 g/mol. The first-order chi connectivity index (χ1) is 11.2. The number of carbonyl (C=O) groups is 1. The van der Waals surface area contributed by atoms with E-state index in [4.69, 9.17) is 5.73 Å². The van der Waals surface area contributed by atoms with Gasteiger partial charge in [-0.25, -0.2) is 4.98 Å². The molecule has 0 bridgehead atoms. The molecule has 3 rings (SSSR count). The van der Waals surface area contributed by atoms with Gasteiger partial charge in [0.05, 0.1) is 12.1 Å². The van der Waals surface area contributed by atoms with Crippen LogP contribution in [0.25, 0.3) is 10.6 Å². The second-order valence-electron chi connectivity index (χ2n) is 6.29. The predicted molar refractivity (Wildman–Crippen MR) is 109 cm³/mol. The highest BCUT2D eigenvalue weighted by atomic mass is 35.5. The van der Waals surface area contributed by atoms with Gasteiger partial charge in [-0.15, -0.1) is 36.2 Å². The van der Waals surface area contributed by atoms with E-state index in [-0.39, 0.29) is 36.8 Å². The lowest BCUT2D eigenvalue weighted by Gasteiger charge is -2.19. The minimum absolute atomic E-state index is 0. The zero-order chi connectivity index (χ0) is 16.2. The summed E-state index contributed by atoms with van der Waals surface area (Å²) in [5.41, 5.74) is 8.94. The molecule has 7 heteroatoms. The third kappa shape index (κ3) is 5.68. The smallest absolute Gasteiger partial charge is 0.226 e. The van der Waals surface area contributed by atoms with E-state index in [0.29, 0.717) is 18.9 Å². The average Bonchev–Trinajstić information content (AvgIpc) is 3.17. The number of benzene rings is 1. The molecule has 1 aliphatic rings. The van der Waals surface area contributed by atoms with Gasteiger partial charge in [0, 0.05) is 17.0 Å². The highest BCUT2D eigenvalue weighted by Gasteiger charge is 2.27. The Morgan fingerprint density at radius 3 is 2.68 bits per heavy atom. The van der Waals surface area contributed by atoms with E-state index in [9.17, 15) is 4.79 Å². The molecule has 4 nitrogen and oxygen atoms in total. The van der Waals surface area contributed by atoms with Crippen LogP contribution in [0.15, 0.2) is 29.6 Å². The van der Waals surface area contributed by atoms with E-state index in [0.717, 1.165) is 35.5 Å². The molecule has 1 fully saturated rings. The predicted octanol–water partition coefficient (Wildman–Crippen LogP) is 3.75. The quantitative estimate of drug-likeness (QED) is 0.801. The van der Waals surface area contributed by atoms with Crippen molar-refractivity contribution in [1.82, 2.24) is 10.3 Å². The lowest BCUT2D eigenvalue weighted by Crippen LogP contribution is -2.40. The van der Waals surface area contributed by atoms with E-state index in [1.165, 1.54) is 5.56 Å². The van der Waals surface area contributed by atoms with Gasteiger partial charge in [-0.3, -0.25) is 4.79 Å². The number of aryl methyl sites for hydroxylation is 1. The third-order valence-electron chi connectivity index (χ3n) is 4.50. The number of nitrogens with one attached hydrogen (secondary N) is 1. The average molecular weight is 402 g/mol. The molecule has 3 N–H and O–H groups in total. The van der Waals surface area contributed by atoms with Crippen molar-refractivity contribution < 1.29 is 4.79 Å². The zero-order valence-corrected chi connectivity index (χ0v) is 16.7. The fourth-order valence-electron chi connectivity index (χ4n) is 3.15. The van der Waals surface area contributed by atoms with Gasteiger partial charge in [0.1, 0.15) is 5.01 Å². The molecular formula is C18H25Cl2N3OS. The number of aromatic nitrogens is 1. The molecule has 0 saturated heterocycles. The van der Waals surface area contributed by atoms with Crippen LogP contribution in [0.5, 0.6) is 0 Å². The first-order valence-corrected chi connectivity index (χ1v) is 9.04. The summed E-state index contributed by atoms with van der Waals surface area (Å²) >= 11 is 1.59. The molecule has 0 radical (unpaired) electrons. The SMILES string of the molecule is Cc1ccc(-c2nc(CC(=O)NC3CCCC3CN)cs2)cc1.Cl.Cl. The van der Waals surface area contributed by atoms with Gasteiger partial charge in [0.25, 0.3) is 0 Å². The van der Waals surface area contributed by atoms with Crippen LogP contribution in [0.1, 0.15) is 30.5 Å². The van der Waals surface area contributed by atoms with Crippen LogP contribution in [0, 0.1) is 12.8 Å². The zero-order valence-electron chi connectivity index (χ0n) is 14.2. The molecule has 1 aromatic carbocycles. The molecule has 2 aromatic rings. The minimum Gasteiger partial charge on any atom is -0.353 e. The van der Waals surface area contributed by atoms with Crippen molar-refractivity contribution in [2.45, 2.75) is 38.6 Å². The Kier molecular flexibility index (Phi) is 8.86. The minimum atomic E-state index is 0. The second kappa shape index (κ2) is 10.1. The van der Waals surface area contributed by atoms with Gasteiger partial charge in [-0.1, -0.05) is 36.2 Å². The van der Waals surface area contributed by atoms with Crippen molar-refractivity contribution >= 4 is 42.1 Å². The summed E-state index contributed by atoms with van der Waals surface area (Å²) in [6.07, 6.45) is 3.66. The van der Waals surface area contributed by atoms with Crippen LogP contribution in [0.2, 0.25) is 0 Å².